The van der Waals surface area contributed by atoms with Gasteiger partial charge in [-0.1, -0.05) is 0 Å². The second-order valence-corrected chi connectivity index (χ2v) is 6.09. The Morgan fingerprint density at radius 2 is 1.83 bits per heavy atom. The molecule has 0 atom stereocenters. The van der Waals surface area contributed by atoms with Crippen LogP contribution in [0.4, 0.5) is 13.2 Å². The minimum atomic E-state index is -4.46. The molecule has 0 saturated heterocycles. The molecule has 3 aromatic rings. The lowest BCUT2D eigenvalue weighted by atomic mass is 10.1. The minimum Gasteiger partial charge on any atom is -0.439 e. The molecular weight excluding hydrogens is 387 g/mol. The Morgan fingerprint density at radius 3 is 2.38 bits per heavy atom. The van der Waals surface area contributed by atoms with Crippen molar-refractivity contribution < 1.29 is 27.8 Å². The third-order valence-corrected chi connectivity index (χ3v) is 3.97. The molecular formula is C20H16F3N3O3. The Bertz CT molecular complexity index is 1000. The highest BCUT2D eigenvalue weighted by atomic mass is 19.4. The molecule has 0 aliphatic carbocycles. The van der Waals surface area contributed by atoms with E-state index in [0.717, 1.165) is 12.1 Å². The number of carbonyl (C=O) groups excluding carboxylic acids is 1. The Hall–Kier alpha value is -3.46. The molecule has 1 aromatic carbocycles. The summed E-state index contributed by atoms with van der Waals surface area (Å²) in [6.45, 7) is -0.0887. The first-order valence-electron chi connectivity index (χ1n) is 8.49. The lowest BCUT2D eigenvalue weighted by molar-refractivity contribution is -0.137. The zero-order valence-corrected chi connectivity index (χ0v) is 15.0. The van der Waals surface area contributed by atoms with Gasteiger partial charge >= 0.3 is 6.18 Å². The number of alkyl halides is 3. The van der Waals surface area contributed by atoms with Crippen molar-refractivity contribution in [2.24, 2.45) is 5.73 Å². The molecule has 9 heteroatoms. The molecule has 0 aliphatic heterocycles. The van der Waals surface area contributed by atoms with Crippen molar-refractivity contribution in [2.45, 2.75) is 12.6 Å². The number of pyridine rings is 2. The number of carbonyl (C=O) groups is 1. The van der Waals surface area contributed by atoms with Crippen molar-refractivity contribution in [3.05, 3.63) is 71.5 Å². The molecule has 2 heterocycles. The number of aromatic nitrogens is 2. The maximum Gasteiger partial charge on any atom is 0.417 e. The first kappa shape index (κ1) is 20.3. The fourth-order valence-corrected chi connectivity index (χ4v) is 2.56. The van der Waals surface area contributed by atoms with Crippen LogP contribution in [-0.4, -0.2) is 27.6 Å². The van der Waals surface area contributed by atoms with E-state index in [-0.39, 0.29) is 18.2 Å². The molecule has 0 bridgehead atoms. The van der Waals surface area contributed by atoms with Crippen LogP contribution in [0.15, 0.2) is 54.7 Å². The lowest BCUT2D eigenvalue weighted by Gasteiger charge is -2.09. The second-order valence-electron chi connectivity index (χ2n) is 6.09. The molecule has 0 radical (unpaired) electrons. The topological polar surface area (TPSA) is 98.3 Å². The van der Waals surface area contributed by atoms with Gasteiger partial charge in [0, 0.05) is 24.4 Å². The third-order valence-electron chi connectivity index (χ3n) is 3.97. The molecule has 3 N–H and O–H groups in total. The van der Waals surface area contributed by atoms with Gasteiger partial charge in [0.25, 0.3) is 5.91 Å². The fourth-order valence-electron chi connectivity index (χ4n) is 2.56. The number of nitrogens with zero attached hydrogens (tertiary/aromatic N) is 2. The van der Waals surface area contributed by atoms with Gasteiger partial charge in [0.1, 0.15) is 11.4 Å². The first-order chi connectivity index (χ1) is 13.8. The fraction of sp³-hybridized carbons (Fsp3) is 0.150. The van der Waals surface area contributed by atoms with Crippen LogP contribution < -0.4 is 10.5 Å². The molecule has 6 nitrogen and oxygen atoms in total. The van der Waals surface area contributed by atoms with Gasteiger partial charge in [-0.2, -0.15) is 13.2 Å². The molecule has 0 fully saturated rings. The molecule has 150 valence electrons. The number of hydrogen-bond acceptors (Lipinski definition) is 5. The summed E-state index contributed by atoms with van der Waals surface area (Å²) in [5.41, 5.74) is 6.40. The van der Waals surface area contributed by atoms with Crippen LogP contribution in [0.1, 0.15) is 21.6 Å². The summed E-state index contributed by atoms with van der Waals surface area (Å²) >= 11 is 0. The molecule has 0 saturated carbocycles. The average Bonchev–Trinajstić information content (AvgIpc) is 2.68. The van der Waals surface area contributed by atoms with E-state index in [4.69, 9.17) is 15.6 Å². The van der Waals surface area contributed by atoms with Crippen LogP contribution in [0, 0.1) is 0 Å². The van der Waals surface area contributed by atoms with E-state index in [1.54, 1.807) is 30.3 Å². The van der Waals surface area contributed by atoms with Gasteiger partial charge in [-0.15, -0.1) is 0 Å². The predicted molar refractivity (Wildman–Crippen MR) is 98.3 cm³/mol. The van der Waals surface area contributed by atoms with Crippen LogP contribution >= 0.6 is 0 Å². The Balaban J connectivity index is 1.80. The van der Waals surface area contributed by atoms with E-state index in [2.05, 4.69) is 9.97 Å². The van der Waals surface area contributed by atoms with Crippen LogP contribution in [-0.2, 0) is 12.6 Å². The SMILES string of the molecule is NC(=O)c1cc(CCO)cc(-c2ccc(Oc3ccc(C(F)(F)F)cn3)cc2)n1. The lowest BCUT2D eigenvalue weighted by Crippen LogP contribution is -2.14. The Morgan fingerprint density at radius 1 is 1.10 bits per heavy atom. The normalized spacial score (nSPS) is 11.3. The number of nitrogens with two attached hydrogens (primary N) is 1. The number of aliphatic hydroxyl groups is 1. The maximum atomic E-state index is 12.6. The van der Waals surface area contributed by atoms with Crippen molar-refractivity contribution in [3.63, 3.8) is 0 Å². The van der Waals surface area contributed by atoms with E-state index >= 15 is 0 Å². The molecule has 0 spiro atoms. The van der Waals surface area contributed by atoms with Gasteiger partial charge in [0.05, 0.1) is 11.3 Å². The summed E-state index contributed by atoms with van der Waals surface area (Å²) in [5.74, 6) is -0.299. The smallest absolute Gasteiger partial charge is 0.417 e. The monoisotopic (exact) mass is 403 g/mol. The highest BCUT2D eigenvalue weighted by molar-refractivity contribution is 5.91. The summed E-state index contributed by atoms with van der Waals surface area (Å²) in [6.07, 6.45) is -3.42. The summed E-state index contributed by atoms with van der Waals surface area (Å²) in [5, 5.41) is 9.13. The van der Waals surface area contributed by atoms with Crippen molar-refractivity contribution in [3.8, 4) is 22.9 Å². The van der Waals surface area contributed by atoms with E-state index in [1.165, 1.54) is 6.07 Å². The van der Waals surface area contributed by atoms with Crippen molar-refractivity contribution >= 4 is 5.91 Å². The summed E-state index contributed by atoms with van der Waals surface area (Å²) in [6, 6.07) is 11.8. The van der Waals surface area contributed by atoms with E-state index < -0.39 is 17.6 Å². The zero-order valence-electron chi connectivity index (χ0n) is 15.0. The maximum absolute atomic E-state index is 12.6. The second kappa shape index (κ2) is 8.27. The van der Waals surface area contributed by atoms with E-state index in [1.807, 2.05) is 0 Å². The minimum absolute atomic E-state index is 0.0184. The number of aliphatic hydroxyl groups excluding tert-OH is 1. The largest absolute Gasteiger partial charge is 0.439 e. The number of benzene rings is 1. The van der Waals surface area contributed by atoms with Crippen LogP contribution in [0.5, 0.6) is 11.6 Å². The third kappa shape index (κ3) is 5.08. The van der Waals surface area contributed by atoms with Crippen LogP contribution in [0.25, 0.3) is 11.3 Å². The molecule has 0 aliphatic rings. The van der Waals surface area contributed by atoms with Crippen LogP contribution in [0.3, 0.4) is 0 Å². The van der Waals surface area contributed by atoms with Gasteiger partial charge in [-0.05, 0) is 54.4 Å². The summed E-state index contributed by atoms with van der Waals surface area (Å²) in [7, 11) is 0. The van der Waals surface area contributed by atoms with E-state index in [0.29, 0.717) is 35.2 Å². The molecule has 1 amide bonds. The molecule has 0 unspecified atom stereocenters. The van der Waals surface area contributed by atoms with Gasteiger partial charge in [0.2, 0.25) is 5.88 Å². The predicted octanol–water partition coefficient (Wildman–Crippen LogP) is 3.59. The standard InChI is InChI=1S/C20H16F3N3O3/c21-20(22,23)14-3-6-18(25-11-14)29-15-4-1-13(2-5-15)16-9-12(7-8-27)10-17(26-16)19(24)28/h1-6,9-11,27H,7-8H2,(H2,24,28). The number of hydrogen-bond donors (Lipinski definition) is 2. The number of rotatable bonds is 6. The Kier molecular flexibility index (Phi) is 5.79. The zero-order chi connectivity index (χ0) is 21.0. The highest BCUT2D eigenvalue weighted by Gasteiger charge is 2.30. The number of amides is 1. The van der Waals surface area contributed by atoms with Gasteiger partial charge < -0.3 is 15.6 Å². The Labute approximate surface area is 163 Å². The number of primary amides is 1. The summed E-state index contributed by atoms with van der Waals surface area (Å²) in [4.78, 5) is 19.4. The van der Waals surface area contributed by atoms with Crippen LogP contribution in [0.2, 0.25) is 0 Å². The number of halogens is 3. The van der Waals surface area contributed by atoms with Crippen molar-refractivity contribution in [1.29, 1.82) is 0 Å². The van der Waals surface area contributed by atoms with Crippen molar-refractivity contribution in [2.75, 3.05) is 6.61 Å². The molecule has 3 rings (SSSR count). The molecule has 2 aromatic heterocycles. The quantitative estimate of drug-likeness (QED) is 0.656. The highest BCUT2D eigenvalue weighted by Crippen LogP contribution is 2.30. The first-order valence-corrected chi connectivity index (χ1v) is 8.49. The van der Waals surface area contributed by atoms with Gasteiger partial charge in [-0.25, -0.2) is 9.97 Å². The number of ether oxygens (including phenoxy) is 1. The van der Waals surface area contributed by atoms with E-state index in [9.17, 15) is 18.0 Å². The van der Waals surface area contributed by atoms with Crippen molar-refractivity contribution in [1.82, 2.24) is 9.97 Å². The summed E-state index contributed by atoms with van der Waals surface area (Å²) < 4.78 is 43.2. The average molecular weight is 403 g/mol. The van der Waals surface area contributed by atoms with Gasteiger partial charge in [0.15, 0.2) is 0 Å². The van der Waals surface area contributed by atoms with Gasteiger partial charge in [-0.3, -0.25) is 4.79 Å². The molecule has 29 heavy (non-hydrogen) atoms.